The average Bonchev–Trinajstić information content (AvgIpc) is 3.06. The molecule has 3 heterocycles. The molecule has 5 nitrogen and oxygen atoms in total. The Morgan fingerprint density at radius 2 is 1.96 bits per heavy atom. The van der Waals surface area contributed by atoms with Gasteiger partial charge in [0.15, 0.2) is 5.65 Å². The van der Waals surface area contributed by atoms with Gasteiger partial charge in [0.25, 0.3) is 5.91 Å². The number of carbonyl (C=O) groups is 1. The molecule has 1 amide bonds. The second-order valence-corrected chi connectivity index (χ2v) is 7.00. The van der Waals surface area contributed by atoms with Crippen molar-refractivity contribution in [3.05, 3.63) is 64.5 Å². The summed E-state index contributed by atoms with van der Waals surface area (Å²) < 4.78 is 3.00. The van der Waals surface area contributed by atoms with E-state index in [0.717, 1.165) is 40.9 Å². The number of piperidine rings is 1. The van der Waals surface area contributed by atoms with E-state index in [9.17, 15) is 4.79 Å². The van der Waals surface area contributed by atoms with Gasteiger partial charge in [0.05, 0.1) is 0 Å². The molecule has 1 atom stereocenters. The van der Waals surface area contributed by atoms with E-state index in [-0.39, 0.29) is 11.8 Å². The van der Waals surface area contributed by atoms with Crippen LogP contribution in [0.25, 0.3) is 5.65 Å². The van der Waals surface area contributed by atoms with Crippen LogP contribution in [0.2, 0.25) is 0 Å². The van der Waals surface area contributed by atoms with Crippen LogP contribution < -0.4 is 0 Å². The molecule has 0 unspecified atom stereocenters. The Hall–Kier alpha value is -2.21. The third-order valence-corrected chi connectivity index (χ3v) is 5.03. The lowest BCUT2D eigenvalue weighted by Gasteiger charge is -2.32. The molecule has 3 aromatic rings. The number of fused-ring (bicyclic) bond motifs is 1. The zero-order chi connectivity index (χ0) is 16.5. The number of halogens is 1. The molecular weight excluding hydrogens is 368 g/mol. The van der Waals surface area contributed by atoms with Gasteiger partial charge in [0.1, 0.15) is 5.82 Å². The van der Waals surface area contributed by atoms with Gasteiger partial charge in [-0.15, -0.1) is 10.2 Å². The minimum absolute atomic E-state index is 0.0843. The van der Waals surface area contributed by atoms with Crippen molar-refractivity contribution in [2.45, 2.75) is 18.8 Å². The van der Waals surface area contributed by atoms with Gasteiger partial charge in [-0.25, -0.2) is 0 Å². The van der Waals surface area contributed by atoms with E-state index < -0.39 is 0 Å². The van der Waals surface area contributed by atoms with E-state index in [0.29, 0.717) is 6.54 Å². The summed E-state index contributed by atoms with van der Waals surface area (Å²) in [5, 5.41) is 8.60. The smallest absolute Gasteiger partial charge is 0.253 e. The molecule has 4 rings (SSSR count). The summed E-state index contributed by atoms with van der Waals surface area (Å²) >= 11 is 3.41. The van der Waals surface area contributed by atoms with Crippen molar-refractivity contribution < 1.29 is 4.79 Å². The highest BCUT2D eigenvalue weighted by Crippen LogP contribution is 2.27. The van der Waals surface area contributed by atoms with Crippen molar-refractivity contribution in [2.75, 3.05) is 13.1 Å². The number of carbonyl (C=O) groups excluding carboxylic acids is 1. The van der Waals surface area contributed by atoms with Crippen LogP contribution in [-0.2, 0) is 0 Å². The predicted octanol–water partition coefficient (Wildman–Crippen LogP) is 3.51. The number of pyridine rings is 1. The van der Waals surface area contributed by atoms with E-state index in [1.807, 2.05) is 58.0 Å². The third-order valence-electron chi connectivity index (χ3n) is 4.51. The molecule has 0 N–H and O–H groups in total. The Labute approximate surface area is 148 Å². The van der Waals surface area contributed by atoms with Gasteiger partial charge in [-0.3, -0.25) is 9.20 Å². The molecule has 6 heteroatoms. The lowest BCUT2D eigenvalue weighted by Crippen LogP contribution is -2.39. The van der Waals surface area contributed by atoms with Crippen LogP contribution in [0, 0.1) is 0 Å². The van der Waals surface area contributed by atoms with E-state index in [1.54, 1.807) is 0 Å². The monoisotopic (exact) mass is 384 g/mol. The fraction of sp³-hybridized carbons (Fsp3) is 0.278. The maximum Gasteiger partial charge on any atom is 0.253 e. The van der Waals surface area contributed by atoms with Gasteiger partial charge >= 0.3 is 0 Å². The summed E-state index contributed by atoms with van der Waals surface area (Å²) in [6, 6.07) is 13.4. The van der Waals surface area contributed by atoms with Crippen LogP contribution in [0.1, 0.15) is 34.9 Å². The summed E-state index contributed by atoms with van der Waals surface area (Å²) in [4.78, 5) is 14.7. The van der Waals surface area contributed by atoms with Crippen molar-refractivity contribution in [3.8, 4) is 0 Å². The van der Waals surface area contributed by atoms with Crippen LogP contribution in [0.5, 0.6) is 0 Å². The van der Waals surface area contributed by atoms with Gasteiger partial charge in [0.2, 0.25) is 0 Å². The van der Waals surface area contributed by atoms with Gasteiger partial charge in [-0.2, -0.15) is 0 Å². The minimum Gasteiger partial charge on any atom is -0.338 e. The number of hydrogen-bond acceptors (Lipinski definition) is 3. The maximum absolute atomic E-state index is 12.8. The van der Waals surface area contributed by atoms with Crippen molar-refractivity contribution >= 4 is 27.5 Å². The summed E-state index contributed by atoms with van der Waals surface area (Å²) in [6.45, 7) is 1.48. The van der Waals surface area contributed by atoms with E-state index in [2.05, 4.69) is 26.1 Å². The number of hydrogen-bond donors (Lipinski definition) is 0. The SMILES string of the molecule is O=C(c1ccc(Br)cc1)N1CCC[C@@H](c2nnc3ccccn23)C1. The minimum atomic E-state index is 0.0843. The van der Waals surface area contributed by atoms with Crippen LogP contribution in [0.4, 0.5) is 0 Å². The third kappa shape index (κ3) is 2.82. The lowest BCUT2D eigenvalue weighted by molar-refractivity contribution is 0.0704. The number of nitrogens with zero attached hydrogens (tertiary/aromatic N) is 4. The number of aromatic nitrogens is 3. The standard InChI is InChI=1S/C18H17BrN4O/c19-15-8-6-13(7-9-15)18(24)22-10-3-4-14(12-22)17-21-20-16-5-1-2-11-23(16)17/h1-2,5-9,11,14H,3-4,10,12H2/t14-/m1/s1. The molecule has 0 aliphatic carbocycles. The highest BCUT2D eigenvalue weighted by molar-refractivity contribution is 9.10. The zero-order valence-corrected chi connectivity index (χ0v) is 14.7. The molecule has 122 valence electrons. The molecule has 0 spiro atoms. The largest absolute Gasteiger partial charge is 0.338 e. The fourth-order valence-electron chi connectivity index (χ4n) is 3.29. The second kappa shape index (κ2) is 6.36. The molecule has 1 saturated heterocycles. The number of rotatable bonds is 2. The van der Waals surface area contributed by atoms with Crippen molar-refractivity contribution in [1.82, 2.24) is 19.5 Å². The van der Waals surface area contributed by atoms with Crippen LogP contribution in [0.3, 0.4) is 0 Å². The molecule has 1 aromatic carbocycles. The molecule has 24 heavy (non-hydrogen) atoms. The average molecular weight is 385 g/mol. The number of likely N-dealkylation sites (tertiary alicyclic amines) is 1. The first-order valence-corrected chi connectivity index (χ1v) is 8.86. The van der Waals surface area contributed by atoms with E-state index in [4.69, 9.17) is 0 Å². The Bertz CT molecular complexity index is 874. The highest BCUT2D eigenvalue weighted by atomic mass is 79.9. The summed E-state index contributed by atoms with van der Waals surface area (Å²) in [5.41, 5.74) is 1.58. The van der Waals surface area contributed by atoms with Crippen LogP contribution >= 0.6 is 15.9 Å². The Balaban J connectivity index is 1.57. The van der Waals surface area contributed by atoms with Gasteiger partial charge in [-0.05, 0) is 49.2 Å². The quantitative estimate of drug-likeness (QED) is 0.679. The summed E-state index contributed by atoms with van der Waals surface area (Å²) in [6.07, 6.45) is 3.99. The molecule has 1 aliphatic heterocycles. The highest BCUT2D eigenvalue weighted by Gasteiger charge is 2.28. The molecule has 0 bridgehead atoms. The molecule has 0 radical (unpaired) electrons. The first-order valence-electron chi connectivity index (χ1n) is 8.07. The van der Waals surface area contributed by atoms with Gasteiger partial charge in [0, 0.05) is 35.2 Å². The van der Waals surface area contributed by atoms with E-state index >= 15 is 0 Å². The summed E-state index contributed by atoms with van der Waals surface area (Å²) in [7, 11) is 0. The normalized spacial score (nSPS) is 18.0. The van der Waals surface area contributed by atoms with Crippen LogP contribution in [0.15, 0.2) is 53.1 Å². The molecule has 1 fully saturated rings. The second-order valence-electron chi connectivity index (χ2n) is 6.08. The Morgan fingerprint density at radius 3 is 2.79 bits per heavy atom. The Morgan fingerprint density at radius 1 is 1.12 bits per heavy atom. The molecular formula is C18H17BrN4O. The molecule has 0 saturated carbocycles. The molecule has 1 aliphatic rings. The van der Waals surface area contributed by atoms with Gasteiger partial charge in [-0.1, -0.05) is 22.0 Å². The summed E-state index contributed by atoms with van der Waals surface area (Å²) in [5.74, 6) is 1.25. The molecule has 2 aromatic heterocycles. The lowest BCUT2D eigenvalue weighted by atomic mass is 9.96. The topological polar surface area (TPSA) is 50.5 Å². The Kier molecular flexibility index (Phi) is 4.06. The maximum atomic E-state index is 12.8. The zero-order valence-electron chi connectivity index (χ0n) is 13.1. The first-order chi connectivity index (χ1) is 11.7. The number of benzene rings is 1. The van der Waals surface area contributed by atoms with Crippen LogP contribution in [-0.4, -0.2) is 38.5 Å². The van der Waals surface area contributed by atoms with E-state index in [1.165, 1.54) is 0 Å². The number of amides is 1. The van der Waals surface area contributed by atoms with Gasteiger partial charge < -0.3 is 4.90 Å². The van der Waals surface area contributed by atoms with Crippen molar-refractivity contribution in [1.29, 1.82) is 0 Å². The van der Waals surface area contributed by atoms with Crippen molar-refractivity contribution in [3.63, 3.8) is 0 Å². The first kappa shape index (κ1) is 15.3. The van der Waals surface area contributed by atoms with Crippen molar-refractivity contribution in [2.24, 2.45) is 0 Å². The fourth-order valence-corrected chi connectivity index (χ4v) is 3.55. The predicted molar refractivity (Wildman–Crippen MR) is 95.0 cm³/mol.